The molecule has 1 saturated heterocycles. The van der Waals surface area contributed by atoms with Crippen LogP contribution < -0.4 is 15.8 Å². The number of anilines is 2. The van der Waals surface area contributed by atoms with Crippen molar-refractivity contribution in [2.24, 2.45) is 0 Å². The van der Waals surface area contributed by atoms with Crippen molar-refractivity contribution >= 4 is 25.7 Å². The van der Waals surface area contributed by atoms with Crippen LogP contribution in [0.25, 0.3) is 0 Å². The summed E-state index contributed by atoms with van der Waals surface area (Å²) >= 11 is 0. The van der Waals surface area contributed by atoms with E-state index < -0.39 is 14.3 Å². The summed E-state index contributed by atoms with van der Waals surface area (Å²) in [6.45, 7) is 13.2. The summed E-state index contributed by atoms with van der Waals surface area (Å²) in [6, 6.07) is 3.29. The van der Waals surface area contributed by atoms with Gasteiger partial charge < -0.3 is 29.7 Å². The second-order valence-electron chi connectivity index (χ2n) is 8.55. The Morgan fingerprint density at radius 3 is 2.54 bits per heavy atom. The Hall–Kier alpha value is -1.77. The van der Waals surface area contributed by atoms with Crippen molar-refractivity contribution in [2.75, 3.05) is 44.5 Å². The zero-order valence-corrected chi connectivity index (χ0v) is 18.9. The average molecular weight is 411 g/mol. The zero-order valence-electron chi connectivity index (χ0n) is 17.9. The van der Waals surface area contributed by atoms with Gasteiger partial charge in [-0.25, -0.2) is 4.79 Å². The largest absolute Gasteiger partial charge is 0.489 e. The monoisotopic (exact) mass is 410 g/mol. The highest BCUT2D eigenvalue weighted by Gasteiger charge is 2.36. The minimum absolute atomic E-state index is 0.136. The fraction of sp³-hybridized carbons (Fsp3) is 0.650. The number of nitrogens with two attached hydrogens (primary N) is 1. The zero-order chi connectivity index (χ0) is 20.9. The molecule has 3 N–H and O–H groups in total. The lowest BCUT2D eigenvalue weighted by molar-refractivity contribution is -0.0410. The number of carbonyl (C=O) groups excluding carboxylic acids is 1. The maximum absolute atomic E-state index is 12.0. The van der Waals surface area contributed by atoms with Gasteiger partial charge in [0.2, 0.25) is 0 Å². The number of hydrogen-bond donors (Lipinski definition) is 2. The number of carbonyl (C=O) groups is 1. The van der Waals surface area contributed by atoms with Crippen molar-refractivity contribution in [1.29, 1.82) is 0 Å². The van der Waals surface area contributed by atoms with Gasteiger partial charge in [0.15, 0.2) is 8.32 Å². The summed E-state index contributed by atoms with van der Waals surface area (Å²) in [5, 5.41) is 3.38. The number of nitrogen functional groups attached to an aromatic ring is 1. The molecule has 2 rings (SSSR count). The molecular formula is C20H34N2O5Si. The standard InChI is InChI=1S/C20H34N2O5Si/c1-20(2,3)28(5,6)27-10-9-26-17-12-14(19(23)24-4)11-16(18(17)21)22-13-15-7-8-25-15/h11-12,15,22H,7-10,13,21H2,1-6H3/t15-/m0/s1. The van der Waals surface area contributed by atoms with Crippen LogP contribution >= 0.6 is 0 Å². The summed E-state index contributed by atoms with van der Waals surface area (Å²) in [5.41, 5.74) is 7.74. The highest BCUT2D eigenvalue weighted by Crippen LogP contribution is 2.36. The minimum atomic E-state index is -1.84. The van der Waals surface area contributed by atoms with Crippen LogP contribution in [0.5, 0.6) is 5.75 Å². The molecule has 0 radical (unpaired) electrons. The number of esters is 1. The van der Waals surface area contributed by atoms with Crippen LogP contribution in [0.1, 0.15) is 37.6 Å². The lowest BCUT2D eigenvalue weighted by Gasteiger charge is -2.36. The van der Waals surface area contributed by atoms with Crippen molar-refractivity contribution in [1.82, 2.24) is 0 Å². The van der Waals surface area contributed by atoms with Gasteiger partial charge in [-0.15, -0.1) is 0 Å². The maximum atomic E-state index is 12.0. The molecule has 7 nitrogen and oxygen atoms in total. The van der Waals surface area contributed by atoms with E-state index in [2.05, 4.69) is 39.2 Å². The van der Waals surface area contributed by atoms with Crippen molar-refractivity contribution in [2.45, 2.75) is 51.4 Å². The molecule has 1 aromatic rings. The van der Waals surface area contributed by atoms with Gasteiger partial charge in [0, 0.05) is 13.2 Å². The van der Waals surface area contributed by atoms with Crippen LogP contribution in [0.2, 0.25) is 18.1 Å². The van der Waals surface area contributed by atoms with E-state index in [4.69, 9.17) is 24.4 Å². The van der Waals surface area contributed by atoms with Crippen LogP contribution in [0, 0.1) is 0 Å². The summed E-state index contributed by atoms with van der Waals surface area (Å²) in [5.74, 6) is 0.00377. The molecule has 1 aliphatic heterocycles. The molecule has 158 valence electrons. The van der Waals surface area contributed by atoms with Gasteiger partial charge in [-0.2, -0.15) is 0 Å². The smallest absolute Gasteiger partial charge is 0.338 e. The molecule has 1 aliphatic rings. The lowest BCUT2D eigenvalue weighted by Crippen LogP contribution is -2.41. The van der Waals surface area contributed by atoms with Crippen LogP contribution in [0.3, 0.4) is 0 Å². The van der Waals surface area contributed by atoms with Crippen LogP contribution in [-0.2, 0) is 13.9 Å². The SMILES string of the molecule is COC(=O)c1cc(NC[C@@H]2CCO2)c(N)c(OCCO[Si](C)(C)C(C)(C)C)c1. The molecule has 0 aliphatic carbocycles. The molecule has 0 amide bonds. The molecule has 1 aromatic carbocycles. The summed E-state index contributed by atoms with van der Waals surface area (Å²) in [7, 11) is -0.488. The van der Waals surface area contributed by atoms with E-state index in [1.54, 1.807) is 12.1 Å². The second-order valence-corrected chi connectivity index (χ2v) is 13.4. The first-order valence-electron chi connectivity index (χ1n) is 9.69. The molecule has 0 unspecified atom stereocenters. The number of rotatable bonds is 9. The predicted molar refractivity (Wildman–Crippen MR) is 114 cm³/mol. The summed E-state index contributed by atoms with van der Waals surface area (Å²) in [6.07, 6.45) is 1.18. The number of hydrogen-bond acceptors (Lipinski definition) is 7. The summed E-state index contributed by atoms with van der Waals surface area (Å²) < 4.78 is 22.3. The van der Waals surface area contributed by atoms with E-state index in [0.717, 1.165) is 13.0 Å². The van der Waals surface area contributed by atoms with E-state index in [0.29, 0.717) is 42.4 Å². The molecule has 0 bridgehead atoms. The molecule has 1 atom stereocenters. The first kappa shape index (κ1) is 22.5. The van der Waals surface area contributed by atoms with Gasteiger partial charge >= 0.3 is 5.97 Å². The quantitative estimate of drug-likeness (QED) is 0.278. The average Bonchev–Trinajstić information content (AvgIpc) is 2.57. The van der Waals surface area contributed by atoms with Gasteiger partial charge in [0.25, 0.3) is 0 Å². The molecule has 1 heterocycles. The van der Waals surface area contributed by atoms with E-state index in [-0.39, 0.29) is 11.1 Å². The van der Waals surface area contributed by atoms with E-state index in [1.807, 2.05) is 0 Å². The summed E-state index contributed by atoms with van der Waals surface area (Å²) in [4.78, 5) is 12.0. The Morgan fingerprint density at radius 1 is 1.32 bits per heavy atom. The Bertz CT molecular complexity index is 684. The van der Waals surface area contributed by atoms with Crippen molar-refractivity contribution in [3.05, 3.63) is 17.7 Å². The number of benzene rings is 1. The van der Waals surface area contributed by atoms with Crippen molar-refractivity contribution < 1.29 is 23.4 Å². The highest BCUT2D eigenvalue weighted by molar-refractivity contribution is 6.74. The second kappa shape index (κ2) is 9.15. The third-order valence-electron chi connectivity index (χ3n) is 5.49. The third-order valence-corrected chi connectivity index (χ3v) is 10.0. The minimum Gasteiger partial charge on any atom is -0.489 e. The highest BCUT2D eigenvalue weighted by atomic mass is 28.4. The molecule has 0 aromatic heterocycles. The maximum Gasteiger partial charge on any atom is 0.338 e. The number of methoxy groups -OCH3 is 1. The van der Waals surface area contributed by atoms with Crippen LogP contribution in [0.4, 0.5) is 11.4 Å². The Kier molecular flexibility index (Phi) is 7.36. The van der Waals surface area contributed by atoms with Crippen LogP contribution in [0.15, 0.2) is 12.1 Å². The van der Waals surface area contributed by atoms with Gasteiger partial charge in [-0.05, 0) is 36.7 Å². The Labute approximate surface area is 169 Å². The van der Waals surface area contributed by atoms with Gasteiger partial charge in [-0.3, -0.25) is 0 Å². The van der Waals surface area contributed by atoms with Crippen molar-refractivity contribution in [3.63, 3.8) is 0 Å². The number of nitrogens with one attached hydrogen (secondary N) is 1. The molecule has 1 fully saturated rings. The first-order valence-corrected chi connectivity index (χ1v) is 12.6. The van der Waals surface area contributed by atoms with E-state index in [1.165, 1.54) is 7.11 Å². The van der Waals surface area contributed by atoms with Gasteiger partial charge in [0.05, 0.1) is 36.8 Å². The topological polar surface area (TPSA) is 92.0 Å². The van der Waals surface area contributed by atoms with Crippen molar-refractivity contribution in [3.8, 4) is 5.75 Å². The molecular weight excluding hydrogens is 376 g/mol. The fourth-order valence-electron chi connectivity index (χ4n) is 2.46. The molecule has 8 heteroatoms. The van der Waals surface area contributed by atoms with Gasteiger partial charge in [-0.1, -0.05) is 20.8 Å². The molecule has 0 spiro atoms. The van der Waals surface area contributed by atoms with Gasteiger partial charge in [0.1, 0.15) is 12.4 Å². The molecule has 0 saturated carbocycles. The normalized spacial score (nSPS) is 17.0. The van der Waals surface area contributed by atoms with E-state index >= 15 is 0 Å². The Morgan fingerprint density at radius 2 is 2.00 bits per heavy atom. The Balaban J connectivity index is 2.05. The third kappa shape index (κ3) is 5.62. The lowest BCUT2D eigenvalue weighted by atomic mass is 10.1. The van der Waals surface area contributed by atoms with E-state index in [9.17, 15) is 4.79 Å². The molecule has 28 heavy (non-hydrogen) atoms. The van der Waals surface area contributed by atoms with Crippen LogP contribution in [-0.4, -0.2) is 53.9 Å². The fourth-order valence-corrected chi connectivity index (χ4v) is 3.49. The predicted octanol–water partition coefficient (Wildman–Crippen LogP) is 3.66. The first-order chi connectivity index (χ1) is 13.0. The number of ether oxygens (including phenoxy) is 3.